The summed E-state index contributed by atoms with van der Waals surface area (Å²) >= 11 is 0. The monoisotopic (exact) mass is 340 g/mol. The molecule has 3 rings (SSSR count). The van der Waals surface area contributed by atoms with Crippen molar-refractivity contribution in [1.82, 2.24) is 0 Å². The van der Waals surface area contributed by atoms with Crippen LogP contribution in [0.4, 0.5) is 0 Å². The van der Waals surface area contributed by atoms with Crippen LogP contribution in [-0.2, 0) is 6.42 Å². The normalized spacial score (nSPS) is 10.2. The molecule has 0 atom stereocenters. The van der Waals surface area contributed by atoms with E-state index in [1.54, 1.807) is 0 Å². The molecule has 0 spiro atoms. The lowest BCUT2D eigenvalue weighted by Gasteiger charge is -2.20. The maximum absolute atomic E-state index is 9.11. The molecule has 3 aromatic rings. The minimum absolute atomic E-state index is 0. The average molecular weight is 341 g/mol. The van der Waals surface area contributed by atoms with E-state index in [4.69, 9.17) is 9.84 Å². The molecule has 0 saturated carbocycles. The summed E-state index contributed by atoms with van der Waals surface area (Å²) < 4.78 is 6.29. The first-order chi connectivity index (χ1) is 11.4. The molecule has 124 valence electrons. The Morgan fingerprint density at radius 1 is 0.750 bits per heavy atom. The Morgan fingerprint density at radius 2 is 1.33 bits per heavy atom. The van der Waals surface area contributed by atoms with Crippen LogP contribution in [0.3, 0.4) is 0 Å². The Kier molecular flexibility index (Phi) is 6.86. The second-order valence-corrected chi connectivity index (χ2v) is 5.44. The fraction of sp³-hybridized carbons (Fsp3) is 0.143. The quantitative estimate of drug-likeness (QED) is 0.697. The molecule has 0 unspecified atom stereocenters. The van der Waals surface area contributed by atoms with Gasteiger partial charge in [-0.25, -0.2) is 0 Å². The molecule has 0 aliphatic rings. The van der Waals surface area contributed by atoms with Gasteiger partial charge in [0, 0.05) is 6.61 Å². The summed E-state index contributed by atoms with van der Waals surface area (Å²) in [6.07, 6.45) is 0.486. The Hall–Kier alpha value is -2.29. The van der Waals surface area contributed by atoms with Crippen LogP contribution in [0.25, 0.3) is 0 Å². The zero-order valence-corrected chi connectivity index (χ0v) is 14.2. The molecule has 0 amide bonds. The van der Waals surface area contributed by atoms with E-state index in [1.165, 1.54) is 0 Å². The van der Waals surface area contributed by atoms with Gasteiger partial charge in [0.25, 0.3) is 0 Å². The van der Waals surface area contributed by atoms with Gasteiger partial charge in [-0.2, -0.15) is 0 Å². The third-order valence-electron chi connectivity index (χ3n) is 3.76. The largest absolute Gasteiger partial charge is 0.481 e. The summed E-state index contributed by atoms with van der Waals surface area (Å²) in [4.78, 5) is 0. The Balaban J connectivity index is 0.00000208. The van der Waals surface area contributed by atoms with Crippen LogP contribution in [-0.4, -0.2) is 11.7 Å². The number of halogens is 1. The van der Waals surface area contributed by atoms with E-state index in [1.807, 2.05) is 60.7 Å². The summed E-state index contributed by atoms with van der Waals surface area (Å²) in [5.74, 6) is 0.814. The van der Waals surface area contributed by atoms with E-state index in [0.717, 1.165) is 22.4 Å². The smallest absolute Gasteiger partial charge is 0.149 e. The molecule has 0 bridgehead atoms. The van der Waals surface area contributed by atoms with Crippen molar-refractivity contribution in [2.24, 2.45) is 0 Å². The predicted molar refractivity (Wildman–Crippen MR) is 99.8 cm³/mol. The fourth-order valence-electron chi connectivity index (χ4n) is 2.62. The molecule has 0 heterocycles. The van der Waals surface area contributed by atoms with Crippen LogP contribution in [0.2, 0.25) is 0 Å². The molecule has 3 heteroatoms. The number of ether oxygens (including phenoxy) is 1. The van der Waals surface area contributed by atoms with Crippen molar-refractivity contribution in [3.8, 4) is 5.75 Å². The minimum Gasteiger partial charge on any atom is -0.481 e. The lowest BCUT2D eigenvalue weighted by Crippen LogP contribution is -2.09. The summed E-state index contributed by atoms with van der Waals surface area (Å²) in [6.45, 7) is 0.143. The maximum atomic E-state index is 9.11. The topological polar surface area (TPSA) is 29.5 Å². The standard InChI is InChI=1S/C21H20O2.ClH/c22-15-14-17-8-7-13-20(16-17)23-21(18-9-3-1-4-10-18)19-11-5-2-6-12-19;/h1-13,16,21-22H,14-15H2;1H. The van der Waals surface area contributed by atoms with Gasteiger partial charge in [0.05, 0.1) is 0 Å². The average Bonchev–Trinajstić information content (AvgIpc) is 2.62. The van der Waals surface area contributed by atoms with Crippen LogP contribution in [0.15, 0.2) is 84.9 Å². The molecule has 1 N–H and O–H groups in total. The summed E-state index contributed by atoms with van der Waals surface area (Å²) in [6, 6.07) is 28.3. The summed E-state index contributed by atoms with van der Waals surface area (Å²) in [5, 5.41) is 9.11. The van der Waals surface area contributed by atoms with Crippen molar-refractivity contribution in [3.05, 3.63) is 102 Å². The Morgan fingerprint density at radius 3 is 1.88 bits per heavy atom. The first-order valence-electron chi connectivity index (χ1n) is 7.83. The van der Waals surface area contributed by atoms with E-state index in [0.29, 0.717) is 6.42 Å². The van der Waals surface area contributed by atoms with Crippen molar-refractivity contribution in [2.75, 3.05) is 6.61 Å². The zero-order chi connectivity index (χ0) is 15.9. The van der Waals surface area contributed by atoms with Gasteiger partial charge >= 0.3 is 0 Å². The molecule has 0 saturated heterocycles. The van der Waals surface area contributed by atoms with Gasteiger partial charge in [-0.05, 0) is 35.2 Å². The molecule has 24 heavy (non-hydrogen) atoms. The molecule has 0 fully saturated rings. The number of aliphatic hydroxyl groups excluding tert-OH is 1. The second kappa shape index (κ2) is 9.11. The third-order valence-corrected chi connectivity index (χ3v) is 3.76. The van der Waals surface area contributed by atoms with E-state index in [9.17, 15) is 0 Å². The van der Waals surface area contributed by atoms with Crippen molar-refractivity contribution >= 4 is 12.4 Å². The number of rotatable bonds is 6. The van der Waals surface area contributed by atoms with Gasteiger partial charge in [-0.15, -0.1) is 12.4 Å². The van der Waals surface area contributed by atoms with E-state index in [-0.39, 0.29) is 25.1 Å². The van der Waals surface area contributed by atoms with E-state index >= 15 is 0 Å². The summed E-state index contributed by atoms with van der Waals surface area (Å²) in [7, 11) is 0. The molecular formula is C21H21ClO2. The number of benzene rings is 3. The number of hydrogen-bond donors (Lipinski definition) is 1. The van der Waals surface area contributed by atoms with Crippen molar-refractivity contribution in [2.45, 2.75) is 12.5 Å². The van der Waals surface area contributed by atoms with Gasteiger partial charge in [-0.3, -0.25) is 0 Å². The van der Waals surface area contributed by atoms with E-state index < -0.39 is 0 Å². The SMILES string of the molecule is Cl.OCCc1cccc(OC(c2ccccc2)c2ccccc2)c1. The van der Waals surface area contributed by atoms with Gasteiger partial charge in [0.1, 0.15) is 11.9 Å². The van der Waals surface area contributed by atoms with Crippen LogP contribution in [0.5, 0.6) is 5.75 Å². The zero-order valence-electron chi connectivity index (χ0n) is 13.3. The Labute approximate surface area is 149 Å². The molecule has 0 radical (unpaired) electrons. The highest BCUT2D eigenvalue weighted by Crippen LogP contribution is 2.28. The molecule has 3 aromatic carbocycles. The number of hydrogen-bond acceptors (Lipinski definition) is 2. The van der Waals surface area contributed by atoms with Crippen molar-refractivity contribution in [3.63, 3.8) is 0 Å². The minimum atomic E-state index is -0.151. The fourth-order valence-corrected chi connectivity index (χ4v) is 2.62. The molecule has 0 aliphatic heterocycles. The maximum Gasteiger partial charge on any atom is 0.149 e. The van der Waals surface area contributed by atoms with Gasteiger partial charge < -0.3 is 9.84 Å². The highest BCUT2D eigenvalue weighted by molar-refractivity contribution is 5.85. The molecule has 2 nitrogen and oxygen atoms in total. The van der Waals surface area contributed by atoms with Crippen LogP contribution < -0.4 is 4.74 Å². The predicted octanol–water partition coefficient (Wildman–Crippen LogP) is 4.81. The Bertz CT molecular complexity index is 690. The van der Waals surface area contributed by atoms with Crippen molar-refractivity contribution in [1.29, 1.82) is 0 Å². The second-order valence-electron chi connectivity index (χ2n) is 5.44. The van der Waals surface area contributed by atoms with Crippen LogP contribution >= 0.6 is 12.4 Å². The third kappa shape index (κ3) is 4.60. The van der Waals surface area contributed by atoms with Crippen molar-refractivity contribution < 1.29 is 9.84 Å². The molecule has 0 aromatic heterocycles. The number of aliphatic hydroxyl groups is 1. The first kappa shape index (κ1) is 18.1. The highest BCUT2D eigenvalue weighted by atomic mass is 35.5. The van der Waals surface area contributed by atoms with Gasteiger partial charge in [-0.1, -0.05) is 72.8 Å². The van der Waals surface area contributed by atoms with E-state index in [2.05, 4.69) is 24.3 Å². The van der Waals surface area contributed by atoms with Crippen LogP contribution in [0.1, 0.15) is 22.8 Å². The highest BCUT2D eigenvalue weighted by Gasteiger charge is 2.15. The lowest BCUT2D eigenvalue weighted by molar-refractivity contribution is 0.246. The van der Waals surface area contributed by atoms with Crippen LogP contribution in [0, 0.1) is 0 Å². The molecule has 0 aliphatic carbocycles. The first-order valence-corrected chi connectivity index (χ1v) is 7.83. The summed E-state index contributed by atoms with van der Waals surface area (Å²) in [5.41, 5.74) is 3.31. The lowest BCUT2D eigenvalue weighted by atomic mass is 10.0. The van der Waals surface area contributed by atoms with Gasteiger partial charge in [0.15, 0.2) is 0 Å². The molecular weight excluding hydrogens is 320 g/mol. The van der Waals surface area contributed by atoms with Gasteiger partial charge in [0.2, 0.25) is 0 Å².